The van der Waals surface area contributed by atoms with Crippen LogP contribution in [0.15, 0.2) is 77.7 Å². The largest absolute Gasteiger partial charge is 0.334 e. The average molecular weight is 407 g/mol. The van der Waals surface area contributed by atoms with Gasteiger partial charge in [0, 0.05) is 25.2 Å². The number of fused-ring (bicyclic) bond motifs is 2. The summed E-state index contributed by atoms with van der Waals surface area (Å²) in [6.45, 7) is 1.57. The van der Waals surface area contributed by atoms with E-state index >= 15 is 0 Å². The van der Waals surface area contributed by atoms with Gasteiger partial charge in [-0.1, -0.05) is 48.5 Å². The highest BCUT2D eigenvalue weighted by molar-refractivity contribution is 7.89. The molecule has 3 aromatic carbocycles. The van der Waals surface area contributed by atoms with E-state index in [9.17, 15) is 13.2 Å². The third-order valence-electron chi connectivity index (χ3n) is 6.16. The van der Waals surface area contributed by atoms with Crippen LogP contribution in [0.4, 0.5) is 0 Å². The zero-order chi connectivity index (χ0) is 20.0. The Kier molecular flexibility index (Phi) is 4.41. The molecule has 0 radical (unpaired) electrons. The Balaban J connectivity index is 1.38. The molecule has 3 aromatic rings. The van der Waals surface area contributed by atoms with Crippen molar-refractivity contribution in [1.29, 1.82) is 0 Å². The number of carbonyl (C=O) groups is 1. The first-order valence-electron chi connectivity index (χ1n) is 9.89. The Bertz CT molecular complexity index is 1180. The van der Waals surface area contributed by atoms with E-state index in [4.69, 9.17) is 0 Å². The second kappa shape index (κ2) is 6.97. The van der Waals surface area contributed by atoms with Gasteiger partial charge in [-0.25, -0.2) is 8.42 Å². The fourth-order valence-electron chi connectivity index (χ4n) is 4.44. The number of likely N-dealkylation sites (tertiary alicyclic amines) is 1. The van der Waals surface area contributed by atoms with Gasteiger partial charge in [-0.3, -0.25) is 4.79 Å². The van der Waals surface area contributed by atoms with Gasteiger partial charge in [0.05, 0.1) is 10.9 Å². The van der Waals surface area contributed by atoms with Crippen molar-refractivity contribution in [3.05, 3.63) is 78.4 Å². The molecule has 2 aliphatic rings. The van der Waals surface area contributed by atoms with Crippen molar-refractivity contribution in [2.45, 2.75) is 17.4 Å². The van der Waals surface area contributed by atoms with Gasteiger partial charge in [0.2, 0.25) is 10.0 Å². The summed E-state index contributed by atoms with van der Waals surface area (Å²) >= 11 is 0. The van der Waals surface area contributed by atoms with Crippen LogP contribution in [0.3, 0.4) is 0 Å². The molecule has 0 bridgehead atoms. The molecule has 2 saturated heterocycles. The molecule has 0 N–H and O–H groups in total. The van der Waals surface area contributed by atoms with Gasteiger partial charge >= 0.3 is 0 Å². The first kappa shape index (κ1) is 18.3. The lowest BCUT2D eigenvalue weighted by molar-refractivity contribution is -0.0118. The number of carbonyl (C=O) groups excluding carboxylic acids is 1. The standard InChI is InChI=1S/C23H22N2O3S/c26-23(18-7-2-1-3-8-18)25-15-20-12-13-24(16-22(20)25)29(27,28)21-11-10-17-6-4-5-9-19(17)14-21/h1-11,14,20,22H,12-13,15-16H2/t20-,22-/m1/s1. The minimum absolute atomic E-state index is 0.0168. The molecular weight excluding hydrogens is 384 g/mol. The number of nitrogens with zero attached hydrogens (tertiary/aromatic N) is 2. The van der Waals surface area contributed by atoms with Crippen molar-refractivity contribution < 1.29 is 13.2 Å². The second-order valence-electron chi connectivity index (χ2n) is 7.81. The maximum atomic E-state index is 13.3. The SMILES string of the molecule is O=C(c1ccccc1)N1C[C@H]2CCN(S(=O)(=O)c3ccc4ccccc4c3)C[C@H]21. The van der Waals surface area contributed by atoms with Crippen LogP contribution in [0.2, 0.25) is 0 Å². The molecule has 0 aromatic heterocycles. The van der Waals surface area contributed by atoms with E-state index in [1.165, 1.54) is 0 Å². The van der Waals surface area contributed by atoms with Crippen LogP contribution >= 0.6 is 0 Å². The average Bonchev–Trinajstić information content (AvgIpc) is 2.74. The van der Waals surface area contributed by atoms with E-state index < -0.39 is 10.0 Å². The summed E-state index contributed by atoms with van der Waals surface area (Å²) in [7, 11) is -3.59. The zero-order valence-electron chi connectivity index (χ0n) is 15.9. The molecule has 148 valence electrons. The normalized spacial score (nSPS) is 22.1. The van der Waals surface area contributed by atoms with Crippen molar-refractivity contribution in [1.82, 2.24) is 9.21 Å². The monoisotopic (exact) mass is 406 g/mol. The molecule has 2 aliphatic heterocycles. The van der Waals surface area contributed by atoms with Crippen molar-refractivity contribution in [3.63, 3.8) is 0 Å². The number of amides is 1. The maximum Gasteiger partial charge on any atom is 0.254 e. The van der Waals surface area contributed by atoms with E-state index in [1.807, 2.05) is 65.6 Å². The van der Waals surface area contributed by atoms with Crippen molar-refractivity contribution in [2.75, 3.05) is 19.6 Å². The number of rotatable bonds is 3. The lowest BCUT2D eigenvalue weighted by Gasteiger charge is -2.53. The first-order valence-corrected chi connectivity index (χ1v) is 11.3. The highest BCUT2D eigenvalue weighted by Gasteiger charge is 2.47. The highest BCUT2D eigenvalue weighted by Crippen LogP contribution is 2.36. The lowest BCUT2D eigenvalue weighted by Crippen LogP contribution is -2.66. The van der Waals surface area contributed by atoms with Crippen LogP contribution in [0, 0.1) is 5.92 Å². The predicted molar refractivity (Wildman–Crippen MR) is 112 cm³/mol. The Morgan fingerprint density at radius 2 is 1.59 bits per heavy atom. The Labute approximate surface area is 170 Å². The minimum atomic E-state index is -3.59. The zero-order valence-corrected chi connectivity index (χ0v) is 16.8. The maximum absolute atomic E-state index is 13.3. The third kappa shape index (κ3) is 3.12. The van der Waals surface area contributed by atoms with Gasteiger partial charge in [-0.15, -0.1) is 0 Å². The quantitative estimate of drug-likeness (QED) is 0.670. The number of sulfonamides is 1. The van der Waals surface area contributed by atoms with Crippen LogP contribution in [0.5, 0.6) is 0 Å². The van der Waals surface area contributed by atoms with Gasteiger partial charge in [-0.2, -0.15) is 4.31 Å². The fourth-order valence-corrected chi connectivity index (χ4v) is 5.95. The van der Waals surface area contributed by atoms with Crippen molar-refractivity contribution >= 4 is 26.7 Å². The lowest BCUT2D eigenvalue weighted by atomic mass is 9.82. The van der Waals surface area contributed by atoms with Crippen LogP contribution in [0.1, 0.15) is 16.8 Å². The summed E-state index contributed by atoms with van der Waals surface area (Å²) in [6, 6.07) is 22.2. The molecule has 5 nitrogen and oxygen atoms in total. The summed E-state index contributed by atoms with van der Waals surface area (Å²) in [5.41, 5.74) is 0.653. The van der Waals surface area contributed by atoms with E-state index in [0.717, 1.165) is 17.2 Å². The highest BCUT2D eigenvalue weighted by atomic mass is 32.2. The number of benzene rings is 3. The van der Waals surface area contributed by atoms with E-state index in [0.29, 0.717) is 36.0 Å². The molecule has 1 amide bonds. The van der Waals surface area contributed by atoms with Gasteiger partial charge in [0.15, 0.2) is 0 Å². The van der Waals surface area contributed by atoms with E-state index in [2.05, 4.69) is 0 Å². The summed E-state index contributed by atoms with van der Waals surface area (Å²) in [6.07, 6.45) is 0.788. The molecule has 6 heteroatoms. The summed E-state index contributed by atoms with van der Waals surface area (Å²) in [5, 5.41) is 1.93. The molecular formula is C23H22N2O3S. The third-order valence-corrected chi connectivity index (χ3v) is 8.02. The molecule has 0 unspecified atom stereocenters. The molecule has 0 saturated carbocycles. The Hall–Kier alpha value is -2.70. The number of hydrogen-bond acceptors (Lipinski definition) is 3. The Morgan fingerprint density at radius 3 is 2.38 bits per heavy atom. The molecule has 2 heterocycles. The topological polar surface area (TPSA) is 57.7 Å². The predicted octanol–water partition coefficient (Wildman–Crippen LogP) is 3.38. The summed E-state index contributed by atoms with van der Waals surface area (Å²) in [5.74, 6) is 0.363. The van der Waals surface area contributed by atoms with E-state index in [-0.39, 0.29) is 11.9 Å². The first-order chi connectivity index (χ1) is 14.0. The minimum Gasteiger partial charge on any atom is -0.334 e. The van der Waals surface area contributed by atoms with Gasteiger partial charge < -0.3 is 4.90 Å². The van der Waals surface area contributed by atoms with Gasteiger partial charge in [-0.05, 0) is 47.4 Å². The Morgan fingerprint density at radius 1 is 0.862 bits per heavy atom. The number of hydrogen-bond donors (Lipinski definition) is 0. The molecule has 2 fully saturated rings. The van der Waals surface area contributed by atoms with Crippen LogP contribution in [-0.4, -0.2) is 49.2 Å². The van der Waals surface area contributed by atoms with Crippen LogP contribution in [-0.2, 0) is 10.0 Å². The molecule has 0 spiro atoms. The number of piperidine rings is 1. The molecule has 2 atom stereocenters. The molecule has 0 aliphatic carbocycles. The van der Waals surface area contributed by atoms with Gasteiger partial charge in [0.1, 0.15) is 0 Å². The molecule has 5 rings (SSSR count). The van der Waals surface area contributed by atoms with Crippen LogP contribution in [0.25, 0.3) is 10.8 Å². The van der Waals surface area contributed by atoms with Crippen molar-refractivity contribution in [2.24, 2.45) is 5.92 Å². The van der Waals surface area contributed by atoms with Crippen molar-refractivity contribution in [3.8, 4) is 0 Å². The summed E-state index contributed by atoms with van der Waals surface area (Å²) < 4.78 is 28.1. The van der Waals surface area contributed by atoms with Gasteiger partial charge in [0.25, 0.3) is 5.91 Å². The van der Waals surface area contributed by atoms with E-state index in [1.54, 1.807) is 16.4 Å². The fraction of sp³-hybridized carbons (Fsp3) is 0.261. The van der Waals surface area contributed by atoms with Crippen LogP contribution < -0.4 is 0 Å². The summed E-state index contributed by atoms with van der Waals surface area (Å²) in [4.78, 5) is 14.9. The second-order valence-corrected chi connectivity index (χ2v) is 9.75. The molecule has 29 heavy (non-hydrogen) atoms. The smallest absolute Gasteiger partial charge is 0.254 e.